The topological polar surface area (TPSA) is 34.1 Å². The van der Waals surface area contributed by atoms with Gasteiger partial charge in [0.25, 0.3) is 0 Å². The molecule has 2 heterocycles. The van der Waals surface area contributed by atoms with Crippen molar-refractivity contribution in [3.05, 3.63) is 58.7 Å². The van der Waals surface area contributed by atoms with Crippen molar-refractivity contribution in [1.82, 2.24) is 10.3 Å². The van der Waals surface area contributed by atoms with Gasteiger partial charge in [-0.1, -0.05) is 23.7 Å². The van der Waals surface area contributed by atoms with Gasteiger partial charge in [-0.3, -0.25) is 0 Å². The molecule has 1 aliphatic rings. The van der Waals surface area contributed by atoms with Gasteiger partial charge in [0.15, 0.2) is 0 Å². The summed E-state index contributed by atoms with van der Waals surface area (Å²) in [5.41, 5.74) is 0.453. The Balaban J connectivity index is 1.53. The first-order chi connectivity index (χ1) is 11.9. The quantitative estimate of drug-likeness (QED) is 0.839. The summed E-state index contributed by atoms with van der Waals surface area (Å²) in [4.78, 5) is 3.72. The summed E-state index contributed by atoms with van der Waals surface area (Å²) in [6, 6.07) is 10.1. The molecule has 0 bridgehead atoms. The highest BCUT2D eigenvalue weighted by Gasteiger charge is 2.31. The number of halogens is 4. The standard InChI is InChI=1S/C18H18ClF3N2O/c19-15-4-1-12(2-5-15)16-11-23-9-13(16)7-8-25-17-6-3-14(10-24-17)18(20,21)22/h1-6,10,13,16,23H,7-9,11H2/t13-,16+/m0/s1. The maximum Gasteiger partial charge on any atom is 0.417 e. The lowest BCUT2D eigenvalue weighted by Gasteiger charge is -2.19. The molecule has 1 saturated heterocycles. The average Bonchev–Trinajstić information content (AvgIpc) is 3.04. The summed E-state index contributed by atoms with van der Waals surface area (Å²) in [5, 5.41) is 4.09. The van der Waals surface area contributed by atoms with Crippen molar-refractivity contribution in [3.63, 3.8) is 0 Å². The number of benzene rings is 1. The minimum atomic E-state index is -4.38. The Morgan fingerprint density at radius 3 is 2.52 bits per heavy atom. The molecule has 0 amide bonds. The fourth-order valence-corrected chi connectivity index (χ4v) is 3.21. The highest BCUT2D eigenvalue weighted by Crippen LogP contribution is 2.32. The molecule has 3 nitrogen and oxygen atoms in total. The first-order valence-corrected chi connectivity index (χ1v) is 8.43. The fourth-order valence-electron chi connectivity index (χ4n) is 3.08. The number of hydrogen-bond donors (Lipinski definition) is 1. The zero-order chi connectivity index (χ0) is 17.9. The Bertz CT molecular complexity index is 689. The summed E-state index contributed by atoms with van der Waals surface area (Å²) < 4.78 is 43.0. The van der Waals surface area contributed by atoms with Crippen LogP contribution in [0.25, 0.3) is 0 Å². The van der Waals surface area contributed by atoms with E-state index in [1.54, 1.807) is 0 Å². The number of aromatic nitrogens is 1. The molecule has 1 N–H and O–H groups in total. The predicted octanol–water partition coefficient (Wildman–Crippen LogP) is 4.53. The maximum atomic E-state index is 12.5. The highest BCUT2D eigenvalue weighted by atomic mass is 35.5. The minimum absolute atomic E-state index is 0.210. The van der Waals surface area contributed by atoms with Crippen LogP contribution < -0.4 is 10.1 Å². The second-order valence-electron chi connectivity index (χ2n) is 6.10. The molecule has 1 aromatic carbocycles. The van der Waals surface area contributed by atoms with Crippen LogP contribution in [0.3, 0.4) is 0 Å². The number of nitrogens with one attached hydrogen (secondary N) is 1. The number of nitrogens with zero attached hydrogens (tertiary/aromatic N) is 1. The van der Waals surface area contributed by atoms with Crippen LogP contribution >= 0.6 is 11.6 Å². The van der Waals surface area contributed by atoms with Crippen LogP contribution in [0.2, 0.25) is 5.02 Å². The van der Waals surface area contributed by atoms with Crippen molar-refractivity contribution >= 4 is 11.6 Å². The molecule has 1 aliphatic heterocycles. The van der Waals surface area contributed by atoms with E-state index >= 15 is 0 Å². The van der Waals surface area contributed by atoms with Crippen molar-refractivity contribution in [2.45, 2.75) is 18.5 Å². The first kappa shape index (κ1) is 18.0. The van der Waals surface area contributed by atoms with E-state index in [9.17, 15) is 13.2 Å². The van der Waals surface area contributed by atoms with Gasteiger partial charge in [-0.05, 0) is 42.6 Å². The summed E-state index contributed by atoms with van der Waals surface area (Å²) >= 11 is 5.93. The van der Waals surface area contributed by atoms with E-state index in [1.807, 2.05) is 24.3 Å². The molecule has 3 rings (SSSR count). The summed E-state index contributed by atoms with van der Waals surface area (Å²) in [5.74, 6) is 0.985. The van der Waals surface area contributed by atoms with Gasteiger partial charge < -0.3 is 10.1 Å². The molecule has 134 valence electrons. The zero-order valence-corrected chi connectivity index (χ0v) is 14.1. The molecule has 7 heteroatoms. The van der Waals surface area contributed by atoms with Crippen molar-refractivity contribution in [2.75, 3.05) is 19.7 Å². The monoisotopic (exact) mass is 370 g/mol. The minimum Gasteiger partial charge on any atom is -0.478 e. The molecule has 0 spiro atoms. The number of pyridine rings is 1. The largest absolute Gasteiger partial charge is 0.478 e. The van der Waals surface area contributed by atoms with E-state index in [-0.39, 0.29) is 5.88 Å². The summed E-state index contributed by atoms with van der Waals surface area (Å²) in [6.07, 6.45) is -2.79. The molecule has 2 atom stereocenters. The maximum absolute atomic E-state index is 12.5. The molecular weight excluding hydrogens is 353 g/mol. The molecule has 0 unspecified atom stereocenters. The molecular formula is C18H18ClF3N2O. The Hall–Kier alpha value is -1.79. The molecule has 1 fully saturated rings. The van der Waals surface area contributed by atoms with Gasteiger partial charge in [0.1, 0.15) is 0 Å². The number of hydrogen-bond acceptors (Lipinski definition) is 3. The normalized spacial score (nSPS) is 20.6. The molecule has 0 aliphatic carbocycles. The van der Waals surface area contributed by atoms with Crippen LogP contribution in [-0.2, 0) is 6.18 Å². The van der Waals surface area contributed by atoms with Gasteiger partial charge in [-0.2, -0.15) is 13.2 Å². The number of ether oxygens (including phenoxy) is 1. The third kappa shape index (κ3) is 4.64. The van der Waals surface area contributed by atoms with Crippen LogP contribution in [0.4, 0.5) is 13.2 Å². The third-order valence-electron chi connectivity index (χ3n) is 4.44. The van der Waals surface area contributed by atoms with Crippen molar-refractivity contribution in [3.8, 4) is 5.88 Å². The van der Waals surface area contributed by atoms with Crippen LogP contribution in [0.1, 0.15) is 23.5 Å². The van der Waals surface area contributed by atoms with Gasteiger partial charge in [0.05, 0.1) is 12.2 Å². The summed E-state index contributed by atoms with van der Waals surface area (Å²) in [6.45, 7) is 2.19. The van der Waals surface area contributed by atoms with Crippen LogP contribution in [-0.4, -0.2) is 24.7 Å². The summed E-state index contributed by atoms with van der Waals surface area (Å²) in [7, 11) is 0. The molecule has 0 radical (unpaired) electrons. The van der Waals surface area contributed by atoms with Crippen molar-refractivity contribution < 1.29 is 17.9 Å². The van der Waals surface area contributed by atoms with Crippen molar-refractivity contribution in [2.24, 2.45) is 5.92 Å². The predicted molar refractivity (Wildman–Crippen MR) is 89.9 cm³/mol. The second kappa shape index (κ2) is 7.62. The van der Waals surface area contributed by atoms with E-state index in [2.05, 4.69) is 10.3 Å². The van der Waals surface area contributed by atoms with E-state index in [1.165, 1.54) is 11.6 Å². The fraction of sp³-hybridized carbons (Fsp3) is 0.389. The van der Waals surface area contributed by atoms with E-state index in [0.717, 1.165) is 31.8 Å². The Morgan fingerprint density at radius 1 is 1.12 bits per heavy atom. The lowest BCUT2D eigenvalue weighted by molar-refractivity contribution is -0.137. The lowest BCUT2D eigenvalue weighted by Crippen LogP contribution is -2.15. The molecule has 25 heavy (non-hydrogen) atoms. The lowest BCUT2D eigenvalue weighted by atomic mass is 9.87. The number of rotatable bonds is 5. The molecule has 2 aromatic rings. The molecule has 1 aromatic heterocycles. The second-order valence-corrected chi connectivity index (χ2v) is 6.53. The van der Waals surface area contributed by atoms with Gasteiger partial charge in [0.2, 0.25) is 5.88 Å². The van der Waals surface area contributed by atoms with Crippen molar-refractivity contribution in [1.29, 1.82) is 0 Å². The highest BCUT2D eigenvalue weighted by molar-refractivity contribution is 6.30. The van der Waals surface area contributed by atoms with Crippen LogP contribution in [0.15, 0.2) is 42.6 Å². The van der Waals surface area contributed by atoms with E-state index in [0.29, 0.717) is 23.5 Å². The SMILES string of the molecule is FC(F)(F)c1ccc(OCC[C@H]2CNC[C@@H]2c2ccc(Cl)cc2)nc1. The van der Waals surface area contributed by atoms with Crippen LogP contribution in [0, 0.1) is 5.92 Å². The molecule has 0 saturated carbocycles. The van der Waals surface area contributed by atoms with Gasteiger partial charge in [-0.25, -0.2) is 4.98 Å². The Kier molecular flexibility index (Phi) is 5.49. The van der Waals surface area contributed by atoms with Gasteiger partial charge in [-0.15, -0.1) is 0 Å². The van der Waals surface area contributed by atoms with E-state index < -0.39 is 11.7 Å². The van der Waals surface area contributed by atoms with E-state index in [4.69, 9.17) is 16.3 Å². The van der Waals surface area contributed by atoms with Gasteiger partial charge >= 0.3 is 6.18 Å². The average molecular weight is 371 g/mol. The Labute approximate surface area is 149 Å². The number of alkyl halides is 3. The first-order valence-electron chi connectivity index (χ1n) is 8.06. The van der Waals surface area contributed by atoms with Gasteiger partial charge in [0, 0.05) is 29.7 Å². The smallest absolute Gasteiger partial charge is 0.417 e. The zero-order valence-electron chi connectivity index (χ0n) is 13.4. The van der Waals surface area contributed by atoms with Crippen LogP contribution in [0.5, 0.6) is 5.88 Å². The Morgan fingerprint density at radius 2 is 1.88 bits per heavy atom. The third-order valence-corrected chi connectivity index (χ3v) is 4.69.